The normalized spacial score (nSPS) is 12.1. The van der Waals surface area contributed by atoms with Gasteiger partial charge >= 0.3 is 0 Å². The Morgan fingerprint density at radius 3 is 2.42 bits per heavy atom. The summed E-state index contributed by atoms with van der Waals surface area (Å²) in [4.78, 5) is 13.9. The maximum Gasteiger partial charge on any atom is 0.246 e. The quantitative estimate of drug-likeness (QED) is 0.724. The Morgan fingerprint density at radius 2 is 1.81 bits per heavy atom. The molecule has 2 rings (SSSR count). The lowest BCUT2D eigenvalue weighted by Gasteiger charge is -2.24. The van der Waals surface area contributed by atoms with Gasteiger partial charge in [0.1, 0.15) is 11.5 Å². The van der Waals surface area contributed by atoms with Gasteiger partial charge in [0, 0.05) is 24.8 Å². The average Bonchev–Trinajstić information content (AvgIpc) is 2.66. The molecule has 4 nitrogen and oxygen atoms in total. The number of amides is 1. The van der Waals surface area contributed by atoms with Gasteiger partial charge in [0.05, 0.1) is 20.3 Å². The van der Waals surface area contributed by atoms with Crippen molar-refractivity contribution >= 4 is 12.0 Å². The molecule has 26 heavy (non-hydrogen) atoms. The summed E-state index contributed by atoms with van der Waals surface area (Å²) < 4.78 is 36.9. The third-order valence-electron chi connectivity index (χ3n) is 4.20. The Balaban J connectivity index is 2.15. The van der Waals surface area contributed by atoms with E-state index in [1.54, 1.807) is 45.4 Å². The number of ether oxygens (including phenoxy) is 2. The summed E-state index contributed by atoms with van der Waals surface area (Å²) in [6, 6.07) is 8.46. The Morgan fingerprint density at radius 1 is 1.08 bits per heavy atom. The van der Waals surface area contributed by atoms with Crippen molar-refractivity contribution in [1.82, 2.24) is 4.90 Å². The Bertz CT molecular complexity index is 821. The van der Waals surface area contributed by atoms with Crippen molar-refractivity contribution in [1.29, 1.82) is 0 Å². The molecule has 0 saturated heterocycles. The molecule has 0 aliphatic heterocycles. The van der Waals surface area contributed by atoms with E-state index in [0.717, 1.165) is 17.7 Å². The first kappa shape index (κ1) is 19.4. The summed E-state index contributed by atoms with van der Waals surface area (Å²) in [6.45, 7) is 1.74. The van der Waals surface area contributed by atoms with Crippen molar-refractivity contribution in [2.75, 3.05) is 21.3 Å². The standard InChI is InChI=1S/C20H21F2NO3/c1-13(15-6-9-17(21)18(22)11-15)23(2)20(24)10-7-14-5-8-16(25-3)12-19(14)26-4/h5-13H,1-4H3/b10-7+. The van der Waals surface area contributed by atoms with E-state index in [1.807, 2.05) is 0 Å². The molecule has 0 heterocycles. The second-order valence-corrected chi connectivity index (χ2v) is 5.74. The van der Waals surface area contributed by atoms with E-state index in [9.17, 15) is 13.6 Å². The minimum Gasteiger partial charge on any atom is -0.497 e. The third kappa shape index (κ3) is 4.39. The molecule has 0 radical (unpaired) electrons. The first-order valence-corrected chi connectivity index (χ1v) is 7.99. The monoisotopic (exact) mass is 361 g/mol. The van der Waals surface area contributed by atoms with Crippen LogP contribution in [0.25, 0.3) is 6.08 Å². The predicted octanol–water partition coefficient (Wildman–Crippen LogP) is 4.21. The second kappa shape index (κ2) is 8.47. The molecule has 6 heteroatoms. The Kier molecular flexibility index (Phi) is 6.33. The molecule has 0 aliphatic carbocycles. The fourth-order valence-corrected chi connectivity index (χ4v) is 2.42. The van der Waals surface area contributed by atoms with Crippen LogP contribution in [0.15, 0.2) is 42.5 Å². The summed E-state index contributed by atoms with van der Waals surface area (Å²) in [6.07, 6.45) is 3.04. The van der Waals surface area contributed by atoms with Crippen molar-refractivity contribution in [2.24, 2.45) is 0 Å². The smallest absolute Gasteiger partial charge is 0.246 e. The van der Waals surface area contributed by atoms with Gasteiger partial charge in [-0.3, -0.25) is 4.79 Å². The first-order valence-electron chi connectivity index (χ1n) is 7.99. The zero-order valence-electron chi connectivity index (χ0n) is 15.1. The van der Waals surface area contributed by atoms with Crippen LogP contribution < -0.4 is 9.47 Å². The van der Waals surface area contributed by atoms with Crippen molar-refractivity contribution in [2.45, 2.75) is 13.0 Å². The number of likely N-dealkylation sites (N-methyl/N-ethyl adjacent to an activating group) is 1. The molecular formula is C20H21F2NO3. The van der Waals surface area contributed by atoms with Crippen molar-refractivity contribution in [3.05, 3.63) is 65.2 Å². The number of halogens is 2. The minimum atomic E-state index is -0.936. The summed E-state index contributed by atoms with van der Waals surface area (Å²) in [7, 11) is 4.69. The summed E-state index contributed by atoms with van der Waals surface area (Å²) >= 11 is 0. The molecule has 0 bridgehead atoms. The summed E-state index contributed by atoms with van der Waals surface area (Å²) in [5.41, 5.74) is 1.23. The van der Waals surface area contributed by atoms with Gasteiger partial charge in [0.25, 0.3) is 0 Å². The third-order valence-corrected chi connectivity index (χ3v) is 4.20. The van der Waals surface area contributed by atoms with Crippen LogP contribution in [0.3, 0.4) is 0 Å². The number of carbonyl (C=O) groups is 1. The number of benzene rings is 2. The number of methoxy groups -OCH3 is 2. The number of carbonyl (C=O) groups excluding carboxylic acids is 1. The maximum atomic E-state index is 13.4. The molecule has 0 spiro atoms. The zero-order chi connectivity index (χ0) is 19.3. The fraction of sp³-hybridized carbons (Fsp3) is 0.250. The van der Waals surface area contributed by atoms with E-state index in [-0.39, 0.29) is 5.91 Å². The van der Waals surface area contributed by atoms with Gasteiger partial charge in [-0.2, -0.15) is 0 Å². The van der Waals surface area contributed by atoms with Gasteiger partial charge < -0.3 is 14.4 Å². The van der Waals surface area contributed by atoms with Crippen molar-refractivity contribution in [3.8, 4) is 11.5 Å². The number of hydrogen-bond acceptors (Lipinski definition) is 3. The topological polar surface area (TPSA) is 38.8 Å². The van der Waals surface area contributed by atoms with E-state index in [0.29, 0.717) is 17.1 Å². The van der Waals surface area contributed by atoms with Crippen LogP contribution >= 0.6 is 0 Å². The van der Waals surface area contributed by atoms with Crippen molar-refractivity contribution < 1.29 is 23.0 Å². The number of hydrogen-bond donors (Lipinski definition) is 0. The molecule has 1 unspecified atom stereocenters. The lowest BCUT2D eigenvalue weighted by Crippen LogP contribution is -2.28. The molecule has 0 fully saturated rings. The molecule has 138 valence electrons. The molecule has 0 N–H and O–H groups in total. The molecule has 0 aliphatic rings. The zero-order valence-corrected chi connectivity index (χ0v) is 15.1. The maximum absolute atomic E-state index is 13.4. The average molecular weight is 361 g/mol. The first-order chi connectivity index (χ1) is 12.4. The van der Waals surface area contributed by atoms with E-state index < -0.39 is 17.7 Å². The van der Waals surface area contributed by atoms with Crippen molar-refractivity contribution in [3.63, 3.8) is 0 Å². The molecule has 1 amide bonds. The molecule has 2 aromatic rings. The highest BCUT2D eigenvalue weighted by molar-refractivity contribution is 5.92. The van der Waals surface area contributed by atoms with Crippen LogP contribution in [0, 0.1) is 11.6 Å². The van der Waals surface area contributed by atoms with Gasteiger partial charge in [-0.1, -0.05) is 6.07 Å². The van der Waals surface area contributed by atoms with Gasteiger partial charge in [0.15, 0.2) is 11.6 Å². The molecule has 0 aromatic heterocycles. The molecule has 0 saturated carbocycles. The molecular weight excluding hydrogens is 340 g/mol. The molecule has 1 atom stereocenters. The van der Waals surface area contributed by atoms with Gasteiger partial charge in [0.2, 0.25) is 5.91 Å². The van der Waals surface area contributed by atoms with E-state index in [2.05, 4.69) is 0 Å². The predicted molar refractivity (Wildman–Crippen MR) is 96.1 cm³/mol. The van der Waals surface area contributed by atoms with Gasteiger partial charge in [-0.05, 0) is 42.8 Å². The summed E-state index contributed by atoms with van der Waals surface area (Å²) in [5.74, 6) is -0.908. The fourth-order valence-electron chi connectivity index (χ4n) is 2.42. The van der Waals surface area contributed by atoms with Crippen LogP contribution in [0.1, 0.15) is 24.1 Å². The Labute approximate surface area is 151 Å². The Hall–Kier alpha value is -2.89. The van der Waals surface area contributed by atoms with Crippen LogP contribution in [0.2, 0.25) is 0 Å². The number of nitrogens with zero attached hydrogens (tertiary/aromatic N) is 1. The van der Waals surface area contributed by atoms with E-state index in [4.69, 9.17) is 9.47 Å². The SMILES string of the molecule is COc1ccc(/C=C/C(=O)N(C)C(C)c2ccc(F)c(F)c2)c(OC)c1. The van der Waals surface area contributed by atoms with Crippen LogP contribution in [0.4, 0.5) is 8.78 Å². The minimum absolute atomic E-state index is 0.278. The lowest BCUT2D eigenvalue weighted by atomic mass is 10.1. The van der Waals surface area contributed by atoms with Crippen LogP contribution in [-0.4, -0.2) is 32.1 Å². The van der Waals surface area contributed by atoms with E-state index >= 15 is 0 Å². The second-order valence-electron chi connectivity index (χ2n) is 5.74. The highest BCUT2D eigenvalue weighted by Crippen LogP contribution is 2.26. The van der Waals surface area contributed by atoms with Crippen LogP contribution in [-0.2, 0) is 4.79 Å². The summed E-state index contributed by atoms with van der Waals surface area (Å²) in [5, 5.41) is 0. The van der Waals surface area contributed by atoms with Gasteiger partial charge in [-0.15, -0.1) is 0 Å². The van der Waals surface area contributed by atoms with Crippen LogP contribution in [0.5, 0.6) is 11.5 Å². The molecule has 2 aromatic carbocycles. The number of rotatable bonds is 6. The largest absolute Gasteiger partial charge is 0.497 e. The lowest BCUT2D eigenvalue weighted by molar-refractivity contribution is -0.126. The highest BCUT2D eigenvalue weighted by Gasteiger charge is 2.17. The highest BCUT2D eigenvalue weighted by atomic mass is 19.2. The van der Waals surface area contributed by atoms with E-state index in [1.165, 1.54) is 24.2 Å². The van der Waals surface area contributed by atoms with Gasteiger partial charge in [-0.25, -0.2) is 8.78 Å².